The summed E-state index contributed by atoms with van der Waals surface area (Å²) < 4.78 is 0. The van der Waals surface area contributed by atoms with Crippen molar-refractivity contribution in [3.63, 3.8) is 0 Å². The van der Waals surface area contributed by atoms with Crippen LogP contribution in [0, 0.1) is 11.8 Å². The molecule has 0 radical (unpaired) electrons. The first-order chi connectivity index (χ1) is 9.49. The minimum atomic E-state index is -0.761. The van der Waals surface area contributed by atoms with Crippen molar-refractivity contribution in [3.8, 4) is 5.75 Å². The molecule has 0 spiro atoms. The highest BCUT2D eigenvalue weighted by molar-refractivity contribution is 5.94. The molecule has 0 heterocycles. The zero-order valence-electron chi connectivity index (χ0n) is 11.5. The molecule has 0 aliphatic heterocycles. The Morgan fingerprint density at radius 1 is 1.05 bits per heavy atom. The topological polar surface area (TPSA) is 77.8 Å². The Kier molecular flexibility index (Phi) is 4.27. The SMILES string of the molecule is CN(C(=O)C1CCC(C(=O)O)CC1)c1ccc(O)cc1. The van der Waals surface area contributed by atoms with Crippen molar-refractivity contribution in [1.82, 2.24) is 0 Å². The third kappa shape index (κ3) is 3.10. The molecule has 0 aromatic heterocycles. The van der Waals surface area contributed by atoms with Crippen LogP contribution in [0.5, 0.6) is 5.75 Å². The number of carbonyl (C=O) groups excluding carboxylic acids is 1. The molecule has 1 fully saturated rings. The number of hydrogen-bond donors (Lipinski definition) is 2. The van der Waals surface area contributed by atoms with Gasteiger partial charge in [-0.3, -0.25) is 9.59 Å². The van der Waals surface area contributed by atoms with Gasteiger partial charge >= 0.3 is 5.97 Å². The van der Waals surface area contributed by atoms with Gasteiger partial charge in [-0.15, -0.1) is 0 Å². The first-order valence-corrected chi connectivity index (χ1v) is 6.78. The number of benzene rings is 1. The Morgan fingerprint density at radius 2 is 1.55 bits per heavy atom. The molecule has 1 aromatic rings. The van der Waals surface area contributed by atoms with Crippen LogP contribution in [0.15, 0.2) is 24.3 Å². The lowest BCUT2D eigenvalue weighted by atomic mass is 9.81. The molecule has 0 atom stereocenters. The van der Waals surface area contributed by atoms with Crippen LogP contribution in [0.25, 0.3) is 0 Å². The average Bonchev–Trinajstić information content (AvgIpc) is 2.46. The van der Waals surface area contributed by atoms with Crippen molar-refractivity contribution in [1.29, 1.82) is 0 Å². The molecule has 108 valence electrons. The molecule has 0 bridgehead atoms. The molecule has 2 rings (SSSR count). The van der Waals surface area contributed by atoms with E-state index >= 15 is 0 Å². The van der Waals surface area contributed by atoms with Gasteiger partial charge in [0, 0.05) is 18.7 Å². The fourth-order valence-electron chi connectivity index (χ4n) is 2.66. The molecule has 5 nitrogen and oxygen atoms in total. The quantitative estimate of drug-likeness (QED) is 0.888. The predicted octanol–water partition coefficient (Wildman–Crippen LogP) is 2.25. The summed E-state index contributed by atoms with van der Waals surface area (Å²) in [6.07, 6.45) is 2.38. The van der Waals surface area contributed by atoms with Crippen LogP contribution in [0.3, 0.4) is 0 Å². The van der Waals surface area contributed by atoms with Gasteiger partial charge in [0.15, 0.2) is 0 Å². The summed E-state index contributed by atoms with van der Waals surface area (Å²) in [5.74, 6) is -0.999. The summed E-state index contributed by atoms with van der Waals surface area (Å²) in [4.78, 5) is 24.8. The number of carbonyl (C=O) groups is 2. The summed E-state index contributed by atoms with van der Waals surface area (Å²) in [5, 5.41) is 18.2. The summed E-state index contributed by atoms with van der Waals surface area (Å²) >= 11 is 0. The second-order valence-electron chi connectivity index (χ2n) is 5.30. The van der Waals surface area contributed by atoms with E-state index in [0.29, 0.717) is 25.7 Å². The largest absolute Gasteiger partial charge is 0.508 e. The molecule has 0 saturated heterocycles. The van der Waals surface area contributed by atoms with Crippen LogP contribution in [-0.4, -0.2) is 29.1 Å². The van der Waals surface area contributed by atoms with Gasteiger partial charge in [0.2, 0.25) is 5.91 Å². The minimum Gasteiger partial charge on any atom is -0.508 e. The van der Waals surface area contributed by atoms with Gasteiger partial charge in [-0.1, -0.05) is 0 Å². The predicted molar refractivity (Wildman–Crippen MR) is 74.6 cm³/mol. The molecule has 1 saturated carbocycles. The molecule has 1 aromatic carbocycles. The molecule has 20 heavy (non-hydrogen) atoms. The van der Waals surface area contributed by atoms with E-state index in [4.69, 9.17) is 5.11 Å². The number of hydrogen-bond acceptors (Lipinski definition) is 3. The number of aromatic hydroxyl groups is 1. The molecular weight excluding hydrogens is 258 g/mol. The maximum atomic E-state index is 12.4. The Hall–Kier alpha value is -2.04. The number of phenols is 1. The van der Waals surface area contributed by atoms with E-state index in [0.717, 1.165) is 5.69 Å². The highest BCUT2D eigenvalue weighted by atomic mass is 16.4. The highest BCUT2D eigenvalue weighted by Crippen LogP contribution is 2.31. The first kappa shape index (κ1) is 14.4. The summed E-state index contributed by atoms with van der Waals surface area (Å²) in [5.41, 5.74) is 0.730. The van der Waals surface area contributed by atoms with Gasteiger partial charge < -0.3 is 15.1 Å². The monoisotopic (exact) mass is 277 g/mol. The van der Waals surface area contributed by atoms with E-state index in [2.05, 4.69) is 0 Å². The number of amides is 1. The standard InChI is InChI=1S/C15H19NO4/c1-16(12-6-8-13(17)9-7-12)14(18)10-2-4-11(5-3-10)15(19)20/h6-11,17H,2-5H2,1H3,(H,19,20). The fraction of sp³-hybridized carbons (Fsp3) is 0.467. The number of phenolic OH excluding ortho intramolecular Hbond substituents is 1. The van der Waals surface area contributed by atoms with Crippen molar-refractivity contribution in [2.75, 3.05) is 11.9 Å². The Balaban J connectivity index is 1.98. The van der Waals surface area contributed by atoms with Crippen LogP contribution in [0.1, 0.15) is 25.7 Å². The van der Waals surface area contributed by atoms with E-state index in [9.17, 15) is 14.7 Å². The smallest absolute Gasteiger partial charge is 0.306 e. The van der Waals surface area contributed by atoms with Gasteiger partial charge in [0.05, 0.1) is 5.92 Å². The molecule has 1 amide bonds. The summed E-state index contributed by atoms with van der Waals surface area (Å²) in [6, 6.07) is 6.47. The molecule has 1 aliphatic carbocycles. The third-order valence-electron chi connectivity index (χ3n) is 3.99. The van der Waals surface area contributed by atoms with Crippen LogP contribution in [0.4, 0.5) is 5.69 Å². The zero-order chi connectivity index (χ0) is 14.7. The molecular formula is C15H19NO4. The van der Waals surface area contributed by atoms with Gasteiger partial charge in [0.1, 0.15) is 5.75 Å². The van der Waals surface area contributed by atoms with E-state index < -0.39 is 5.97 Å². The lowest BCUT2D eigenvalue weighted by Crippen LogP contribution is -2.35. The normalized spacial score (nSPS) is 22.2. The molecule has 2 N–H and O–H groups in total. The number of carboxylic acids is 1. The van der Waals surface area contributed by atoms with Gasteiger partial charge in [-0.2, -0.15) is 0 Å². The zero-order valence-corrected chi connectivity index (χ0v) is 11.5. The first-order valence-electron chi connectivity index (χ1n) is 6.78. The van der Waals surface area contributed by atoms with Gasteiger partial charge in [0.25, 0.3) is 0 Å². The maximum Gasteiger partial charge on any atom is 0.306 e. The fourth-order valence-corrected chi connectivity index (χ4v) is 2.66. The Bertz CT molecular complexity index is 489. The van der Waals surface area contributed by atoms with E-state index in [-0.39, 0.29) is 23.5 Å². The van der Waals surface area contributed by atoms with E-state index in [1.54, 1.807) is 36.2 Å². The molecule has 0 unspecified atom stereocenters. The number of rotatable bonds is 3. The van der Waals surface area contributed by atoms with Gasteiger partial charge in [-0.05, 0) is 49.9 Å². The minimum absolute atomic E-state index is 0.0135. The van der Waals surface area contributed by atoms with Crippen molar-refractivity contribution in [2.24, 2.45) is 11.8 Å². The number of aliphatic carboxylic acids is 1. The Labute approximate surface area is 117 Å². The van der Waals surface area contributed by atoms with Crippen LogP contribution >= 0.6 is 0 Å². The lowest BCUT2D eigenvalue weighted by Gasteiger charge is -2.29. The number of anilines is 1. The molecule has 1 aliphatic rings. The summed E-state index contributed by atoms with van der Waals surface area (Å²) in [7, 11) is 1.71. The van der Waals surface area contributed by atoms with Gasteiger partial charge in [-0.25, -0.2) is 0 Å². The Morgan fingerprint density at radius 3 is 2.05 bits per heavy atom. The van der Waals surface area contributed by atoms with Crippen molar-refractivity contribution in [3.05, 3.63) is 24.3 Å². The van der Waals surface area contributed by atoms with Crippen molar-refractivity contribution < 1.29 is 19.8 Å². The lowest BCUT2D eigenvalue weighted by molar-refractivity contribution is -0.143. The van der Waals surface area contributed by atoms with Crippen LogP contribution in [0.2, 0.25) is 0 Å². The van der Waals surface area contributed by atoms with E-state index in [1.807, 2.05) is 0 Å². The molecule has 5 heteroatoms. The van der Waals surface area contributed by atoms with Crippen molar-refractivity contribution in [2.45, 2.75) is 25.7 Å². The average molecular weight is 277 g/mol. The third-order valence-corrected chi connectivity index (χ3v) is 3.99. The van der Waals surface area contributed by atoms with E-state index in [1.165, 1.54) is 0 Å². The second kappa shape index (κ2) is 5.94. The van der Waals surface area contributed by atoms with Crippen LogP contribution in [-0.2, 0) is 9.59 Å². The second-order valence-corrected chi connectivity index (χ2v) is 5.30. The van der Waals surface area contributed by atoms with Crippen molar-refractivity contribution >= 4 is 17.6 Å². The number of nitrogens with zero attached hydrogens (tertiary/aromatic N) is 1. The highest BCUT2D eigenvalue weighted by Gasteiger charge is 2.31. The van der Waals surface area contributed by atoms with Crippen LogP contribution < -0.4 is 4.90 Å². The maximum absolute atomic E-state index is 12.4. The summed E-state index contributed by atoms with van der Waals surface area (Å²) in [6.45, 7) is 0. The number of carboxylic acid groups (broad SMARTS) is 1.